The third-order valence-corrected chi connectivity index (χ3v) is 14.8. The zero-order valence-electron chi connectivity index (χ0n) is 40.1. The number of benzene rings is 10. The maximum Gasteiger partial charge on any atom is 0.143 e. The van der Waals surface area contributed by atoms with Crippen molar-refractivity contribution in [3.63, 3.8) is 0 Å². The van der Waals surface area contributed by atoms with Crippen LogP contribution in [0.25, 0.3) is 139 Å². The monoisotopic (exact) mass is 944 g/mol. The number of furan rings is 1. The Bertz CT molecular complexity index is 4650. The zero-order valence-corrected chi connectivity index (χ0v) is 40.1. The molecule has 0 aliphatic heterocycles. The normalized spacial score (nSPS) is 11.8. The molecule has 0 saturated carbocycles. The van der Waals surface area contributed by atoms with Crippen LogP contribution in [0.5, 0.6) is 0 Å². The molecule has 0 N–H and O–H groups in total. The van der Waals surface area contributed by atoms with E-state index >= 15 is 0 Å². The van der Waals surface area contributed by atoms with Crippen molar-refractivity contribution in [2.75, 3.05) is 0 Å². The maximum absolute atomic E-state index is 6.75. The number of nitrogens with zero attached hydrogens (tertiary/aromatic N) is 4. The molecular weight excluding hydrogens is 901 g/mol. The SMILES string of the molecule is c1ccc(-c2cccc(-n3c(-c4cccc(-n5c6ccccc6c6c7c8ccccc8n(-c8cccc(-c9oc%10ccccc%10c9-c9ccccc9)c8)c7ccc65)c4)c(-c4ccccc4)c4ccccc43)n2)cc1. The second-order valence-electron chi connectivity index (χ2n) is 19.0. The number of pyridine rings is 1. The van der Waals surface area contributed by atoms with Crippen LogP contribution in [-0.4, -0.2) is 18.7 Å². The van der Waals surface area contributed by atoms with E-state index in [4.69, 9.17) is 9.40 Å². The largest absolute Gasteiger partial charge is 0.455 e. The van der Waals surface area contributed by atoms with Crippen LogP contribution in [0.1, 0.15) is 0 Å². The van der Waals surface area contributed by atoms with Crippen molar-refractivity contribution in [3.8, 4) is 73.3 Å². The van der Waals surface area contributed by atoms with Gasteiger partial charge in [-0.25, -0.2) is 4.98 Å². The molecule has 0 aliphatic carbocycles. The first-order valence-electron chi connectivity index (χ1n) is 25.2. The van der Waals surface area contributed by atoms with Gasteiger partial charge in [0.05, 0.1) is 39.0 Å². The topological polar surface area (TPSA) is 40.8 Å². The molecule has 74 heavy (non-hydrogen) atoms. The second kappa shape index (κ2) is 16.8. The Hall–Kier alpha value is -9.97. The van der Waals surface area contributed by atoms with Gasteiger partial charge in [0.25, 0.3) is 0 Å². The molecule has 5 nitrogen and oxygen atoms in total. The van der Waals surface area contributed by atoms with Crippen molar-refractivity contribution in [2.45, 2.75) is 0 Å². The van der Waals surface area contributed by atoms with Crippen LogP contribution in [0.15, 0.2) is 271 Å². The summed E-state index contributed by atoms with van der Waals surface area (Å²) in [5.74, 6) is 1.72. The van der Waals surface area contributed by atoms with Gasteiger partial charge in [0.1, 0.15) is 17.2 Å². The molecule has 10 aromatic carbocycles. The number of aromatic nitrogens is 4. The molecule has 0 amide bonds. The molecule has 0 fully saturated rings. The van der Waals surface area contributed by atoms with Gasteiger partial charge in [0, 0.05) is 71.5 Å². The van der Waals surface area contributed by atoms with E-state index in [1.807, 2.05) is 12.1 Å². The fraction of sp³-hybridized carbons (Fsp3) is 0. The van der Waals surface area contributed by atoms with Gasteiger partial charge in [-0.05, 0) is 83.9 Å². The van der Waals surface area contributed by atoms with Crippen molar-refractivity contribution < 1.29 is 4.42 Å². The quantitative estimate of drug-likeness (QED) is 0.152. The van der Waals surface area contributed by atoms with Crippen LogP contribution in [0.4, 0.5) is 0 Å². The first kappa shape index (κ1) is 41.8. The Labute approximate surface area is 426 Å². The van der Waals surface area contributed by atoms with Crippen molar-refractivity contribution in [1.29, 1.82) is 0 Å². The predicted octanol–water partition coefficient (Wildman–Crippen LogP) is 18.3. The van der Waals surface area contributed by atoms with Gasteiger partial charge in [-0.2, -0.15) is 0 Å². The van der Waals surface area contributed by atoms with Crippen molar-refractivity contribution in [1.82, 2.24) is 18.7 Å². The zero-order chi connectivity index (χ0) is 48.7. The van der Waals surface area contributed by atoms with E-state index in [-0.39, 0.29) is 0 Å². The highest BCUT2D eigenvalue weighted by molar-refractivity contribution is 6.29. The molecule has 0 aliphatic rings. The van der Waals surface area contributed by atoms with Gasteiger partial charge in [-0.1, -0.05) is 194 Å². The fourth-order valence-corrected chi connectivity index (χ4v) is 11.8. The Morgan fingerprint density at radius 1 is 0.297 bits per heavy atom. The van der Waals surface area contributed by atoms with Crippen LogP contribution < -0.4 is 0 Å². The highest BCUT2D eigenvalue weighted by atomic mass is 16.3. The first-order valence-corrected chi connectivity index (χ1v) is 25.2. The van der Waals surface area contributed by atoms with Crippen LogP contribution in [0.2, 0.25) is 0 Å². The summed E-state index contributed by atoms with van der Waals surface area (Å²) < 4.78 is 14.0. The van der Waals surface area contributed by atoms with Gasteiger partial charge in [0.2, 0.25) is 0 Å². The van der Waals surface area contributed by atoms with Crippen LogP contribution in [-0.2, 0) is 0 Å². The van der Waals surface area contributed by atoms with Crippen LogP contribution in [0, 0.1) is 0 Å². The van der Waals surface area contributed by atoms with Gasteiger partial charge in [0.15, 0.2) is 0 Å². The van der Waals surface area contributed by atoms with Crippen molar-refractivity contribution >= 4 is 65.5 Å². The summed E-state index contributed by atoms with van der Waals surface area (Å²) in [6.07, 6.45) is 0. The van der Waals surface area contributed by atoms with Gasteiger partial charge in [-0.3, -0.25) is 4.57 Å². The van der Waals surface area contributed by atoms with Crippen LogP contribution in [0.3, 0.4) is 0 Å². The highest BCUT2D eigenvalue weighted by Gasteiger charge is 2.25. The van der Waals surface area contributed by atoms with E-state index in [0.717, 1.165) is 106 Å². The number of fused-ring (bicyclic) bond motifs is 9. The molecule has 15 rings (SSSR count). The summed E-state index contributed by atoms with van der Waals surface area (Å²) in [4.78, 5) is 5.38. The molecular formula is C69H44N4O. The second-order valence-corrected chi connectivity index (χ2v) is 19.0. The lowest BCUT2D eigenvalue weighted by molar-refractivity contribution is 0.632. The summed E-state index contributed by atoms with van der Waals surface area (Å²) >= 11 is 0. The van der Waals surface area contributed by atoms with Crippen LogP contribution >= 0.6 is 0 Å². The molecule has 0 spiro atoms. The summed E-state index contributed by atoms with van der Waals surface area (Å²) in [5, 5.41) is 7.11. The van der Waals surface area contributed by atoms with E-state index in [1.54, 1.807) is 0 Å². The lowest BCUT2D eigenvalue weighted by atomic mass is 9.98. The number of hydrogen-bond donors (Lipinski definition) is 0. The smallest absolute Gasteiger partial charge is 0.143 e. The van der Waals surface area contributed by atoms with E-state index in [2.05, 4.69) is 268 Å². The van der Waals surface area contributed by atoms with Gasteiger partial charge in [-0.15, -0.1) is 0 Å². The third kappa shape index (κ3) is 6.47. The molecule has 346 valence electrons. The Morgan fingerprint density at radius 3 is 1.38 bits per heavy atom. The van der Waals surface area contributed by atoms with Crippen molar-refractivity contribution in [3.05, 3.63) is 267 Å². The average Bonchev–Trinajstić information content (AvgIpc) is 4.23. The summed E-state index contributed by atoms with van der Waals surface area (Å²) in [6, 6.07) is 95.5. The lowest BCUT2D eigenvalue weighted by Gasteiger charge is -2.16. The van der Waals surface area contributed by atoms with Crippen molar-refractivity contribution in [2.24, 2.45) is 0 Å². The molecule has 5 aromatic heterocycles. The standard InChI is InChI=1S/C69H44N4O/c1-4-21-45(22-5-1)56-35-20-40-63(70-56)73-59-38-16-10-31-52(59)64(46-23-6-2-7-24-46)68(73)48-27-18-29-50(43-48)71-57-36-14-11-32-53(57)66-60(71)41-42-61-67(66)54-33-12-15-37-58(54)72(61)51-30-19-28-49(44-51)69-65(47-25-8-3-9-26-47)55-34-13-17-39-62(55)74-69/h1-44H. The minimum absolute atomic E-state index is 0.862. The predicted molar refractivity (Wildman–Crippen MR) is 307 cm³/mol. The molecule has 0 saturated heterocycles. The number of para-hydroxylation sites is 4. The molecule has 5 heteroatoms. The maximum atomic E-state index is 6.75. The minimum Gasteiger partial charge on any atom is -0.455 e. The number of hydrogen-bond acceptors (Lipinski definition) is 2. The van der Waals surface area contributed by atoms with E-state index in [9.17, 15) is 0 Å². The Balaban J connectivity index is 0.945. The molecule has 0 radical (unpaired) electrons. The lowest BCUT2D eigenvalue weighted by Crippen LogP contribution is -2.02. The third-order valence-electron chi connectivity index (χ3n) is 14.8. The first-order chi connectivity index (χ1) is 36.7. The molecule has 0 unspecified atom stereocenters. The molecule has 0 atom stereocenters. The summed E-state index contributed by atoms with van der Waals surface area (Å²) in [6.45, 7) is 0. The van der Waals surface area contributed by atoms with E-state index in [0.29, 0.717) is 0 Å². The fourth-order valence-electron chi connectivity index (χ4n) is 11.8. The number of rotatable bonds is 8. The van der Waals surface area contributed by atoms with E-state index < -0.39 is 0 Å². The Morgan fingerprint density at radius 2 is 0.757 bits per heavy atom. The molecule has 15 aromatic rings. The van der Waals surface area contributed by atoms with E-state index in [1.165, 1.54) is 32.5 Å². The minimum atomic E-state index is 0.862. The Kier molecular flexibility index (Phi) is 9.50. The summed E-state index contributed by atoms with van der Waals surface area (Å²) in [5.41, 5.74) is 18.4. The van der Waals surface area contributed by atoms with Gasteiger partial charge < -0.3 is 13.6 Å². The average molecular weight is 945 g/mol. The van der Waals surface area contributed by atoms with Gasteiger partial charge >= 0.3 is 0 Å². The summed E-state index contributed by atoms with van der Waals surface area (Å²) in [7, 11) is 0. The molecule has 0 bridgehead atoms. The highest BCUT2D eigenvalue weighted by Crippen LogP contribution is 2.47. The molecule has 5 heterocycles.